The number of benzene rings is 1. The minimum Gasteiger partial charge on any atom is -0.388 e. The van der Waals surface area contributed by atoms with Crippen LogP contribution in [-0.2, 0) is 0 Å². The molecule has 2 unspecified atom stereocenters. The Morgan fingerprint density at radius 2 is 1.48 bits per heavy atom. The molecule has 0 radical (unpaired) electrons. The SMILES string of the molecule is Cc1c(F)cccc1C(O)CC1[C@@H](C(=O)c2ncccn2)CNC[C@H]1C(=O)c1ncccn1. The third-order valence-electron chi connectivity index (χ3n) is 6.17. The average molecular weight is 449 g/mol. The van der Waals surface area contributed by atoms with E-state index in [1.807, 2.05) is 0 Å². The number of carbonyl (C=O) groups is 2. The third-order valence-corrected chi connectivity index (χ3v) is 6.17. The number of aromatic nitrogens is 4. The molecule has 9 heteroatoms. The van der Waals surface area contributed by atoms with Gasteiger partial charge in [-0.05, 0) is 48.6 Å². The summed E-state index contributed by atoms with van der Waals surface area (Å²) in [5, 5.41) is 14.2. The number of aliphatic hydroxyl groups is 1. The second-order valence-corrected chi connectivity index (χ2v) is 8.11. The monoisotopic (exact) mass is 449 g/mol. The molecule has 0 saturated carbocycles. The van der Waals surface area contributed by atoms with Gasteiger partial charge in [-0.15, -0.1) is 0 Å². The summed E-state index contributed by atoms with van der Waals surface area (Å²) in [5.74, 6) is -2.84. The van der Waals surface area contributed by atoms with Crippen LogP contribution in [0, 0.1) is 30.5 Å². The van der Waals surface area contributed by atoms with Crippen LogP contribution in [0.15, 0.2) is 55.1 Å². The summed E-state index contributed by atoms with van der Waals surface area (Å²) < 4.78 is 14.1. The number of hydrogen-bond acceptors (Lipinski definition) is 8. The molecule has 33 heavy (non-hydrogen) atoms. The number of hydrogen-bond donors (Lipinski definition) is 2. The number of halogens is 1. The van der Waals surface area contributed by atoms with Crippen molar-refractivity contribution in [1.29, 1.82) is 0 Å². The van der Waals surface area contributed by atoms with Gasteiger partial charge in [-0.2, -0.15) is 0 Å². The van der Waals surface area contributed by atoms with E-state index in [4.69, 9.17) is 0 Å². The Morgan fingerprint density at radius 1 is 0.970 bits per heavy atom. The van der Waals surface area contributed by atoms with Crippen LogP contribution in [0.1, 0.15) is 44.9 Å². The average Bonchev–Trinajstić information content (AvgIpc) is 2.86. The Balaban J connectivity index is 1.69. The van der Waals surface area contributed by atoms with Gasteiger partial charge in [0.2, 0.25) is 11.6 Å². The number of ketones is 2. The number of nitrogens with one attached hydrogen (secondary N) is 1. The van der Waals surface area contributed by atoms with E-state index < -0.39 is 29.7 Å². The Labute approximate surface area is 190 Å². The fourth-order valence-corrected chi connectivity index (χ4v) is 4.43. The van der Waals surface area contributed by atoms with Crippen LogP contribution in [0.4, 0.5) is 4.39 Å². The second-order valence-electron chi connectivity index (χ2n) is 8.11. The standard InChI is InChI=1S/C24H24FN5O3/c1-14-15(5-2-6-19(14)25)20(31)11-16-17(21(32)23-27-7-3-8-28-23)12-26-13-18(16)22(33)24-29-9-4-10-30-24/h2-10,16-18,20,26,31H,11-13H2,1H3/t16?,17-,18+,20?. The third kappa shape index (κ3) is 4.84. The van der Waals surface area contributed by atoms with Crippen molar-refractivity contribution in [3.63, 3.8) is 0 Å². The van der Waals surface area contributed by atoms with Gasteiger partial charge in [0.15, 0.2) is 11.6 Å². The highest BCUT2D eigenvalue weighted by Gasteiger charge is 2.43. The summed E-state index contributed by atoms with van der Waals surface area (Å²) >= 11 is 0. The zero-order valence-electron chi connectivity index (χ0n) is 18.1. The zero-order chi connectivity index (χ0) is 23.4. The first-order valence-corrected chi connectivity index (χ1v) is 10.7. The molecule has 0 aliphatic carbocycles. The highest BCUT2D eigenvalue weighted by atomic mass is 19.1. The highest BCUT2D eigenvalue weighted by Crippen LogP contribution is 2.37. The maximum Gasteiger partial charge on any atom is 0.204 e. The van der Waals surface area contributed by atoms with E-state index in [1.165, 1.54) is 36.9 Å². The van der Waals surface area contributed by atoms with Gasteiger partial charge in [-0.3, -0.25) is 9.59 Å². The van der Waals surface area contributed by atoms with Crippen molar-refractivity contribution in [2.45, 2.75) is 19.4 Å². The molecule has 8 nitrogen and oxygen atoms in total. The van der Waals surface area contributed by atoms with Gasteiger partial charge in [0.05, 0.1) is 6.10 Å². The quantitative estimate of drug-likeness (QED) is 0.528. The van der Waals surface area contributed by atoms with Gasteiger partial charge in [0.1, 0.15) is 5.82 Å². The van der Waals surface area contributed by atoms with Gasteiger partial charge in [0, 0.05) is 49.7 Å². The molecule has 1 aliphatic rings. The van der Waals surface area contributed by atoms with Gasteiger partial charge in [0.25, 0.3) is 0 Å². The molecule has 2 N–H and O–H groups in total. The van der Waals surface area contributed by atoms with E-state index in [0.29, 0.717) is 24.2 Å². The van der Waals surface area contributed by atoms with Gasteiger partial charge in [-0.1, -0.05) is 12.1 Å². The molecule has 1 saturated heterocycles. The maximum absolute atomic E-state index is 14.1. The Hall–Kier alpha value is -3.43. The lowest BCUT2D eigenvalue weighted by atomic mass is 9.71. The van der Waals surface area contributed by atoms with Crippen LogP contribution in [0.5, 0.6) is 0 Å². The number of rotatable bonds is 7. The van der Waals surface area contributed by atoms with Crippen molar-refractivity contribution in [2.24, 2.45) is 17.8 Å². The van der Waals surface area contributed by atoms with Crippen molar-refractivity contribution in [3.05, 3.63) is 83.7 Å². The summed E-state index contributed by atoms with van der Waals surface area (Å²) in [4.78, 5) is 42.9. The van der Waals surface area contributed by atoms with Gasteiger partial charge in [-0.25, -0.2) is 24.3 Å². The predicted molar refractivity (Wildman–Crippen MR) is 117 cm³/mol. The van der Waals surface area contributed by atoms with E-state index in [2.05, 4.69) is 25.3 Å². The molecule has 4 rings (SSSR count). The van der Waals surface area contributed by atoms with Crippen LogP contribution >= 0.6 is 0 Å². The highest BCUT2D eigenvalue weighted by molar-refractivity contribution is 5.98. The first-order chi connectivity index (χ1) is 16.0. The first kappa shape index (κ1) is 22.8. The van der Waals surface area contributed by atoms with Crippen molar-refractivity contribution in [3.8, 4) is 0 Å². The van der Waals surface area contributed by atoms with Crippen LogP contribution < -0.4 is 5.32 Å². The molecule has 0 bridgehead atoms. The molecule has 0 spiro atoms. The van der Waals surface area contributed by atoms with E-state index >= 15 is 0 Å². The van der Waals surface area contributed by atoms with E-state index in [-0.39, 0.29) is 29.6 Å². The number of aliphatic hydroxyl groups excluding tert-OH is 1. The molecule has 3 heterocycles. The summed E-state index contributed by atoms with van der Waals surface area (Å²) in [5.41, 5.74) is 0.764. The summed E-state index contributed by atoms with van der Waals surface area (Å²) in [6.07, 6.45) is 4.95. The van der Waals surface area contributed by atoms with E-state index in [9.17, 15) is 19.1 Å². The van der Waals surface area contributed by atoms with Crippen LogP contribution in [0.3, 0.4) is 0 Å². The Kier molecular flexibility index (Phi) is 6.90. The van der Waals surface area contributed by atoms with E-state index in [1.54, 1.807) is 25.1 Å². The number of nitrogens with zero attached hydrogens (tertiary/aromatic N) is 4. The lowest BCUT2D eigenvalue weighted by Crippen LogP contribution is -2.50. The first-order valence-electron chi connectivity index (χ1n) is 10.7. The second kappa shape index (κ2) is 10.0. The van der Waals surface area contributed by atoms with Crippen molar-refractivity contribution in [2.75, 3.05) is 13.1 Å². The van der Waals surface area contributed by atoms with Gasteiger partial charge >= 0.3 is 0 Å². The minimum atomic E-state index is -1.07. The molecule has 2 aromatic heterocycles. The van der Waals surface area contributed by atoms with Crippen LogP contribution in [0.2, 0.25) is 0 Å². The molecule has 1 fully saturated rings. The molecule has 4 atom stereocenters. The minimum absolute atomic E-state index is 0.0507. The summed E-state index contributed by atoms with van der Waals surface area (Å²) in [6.45, 7) is 2.20. The van der Waals surface area contributed by atoms with E-state index in [0.717, 1.165) is 0 Å². The van der Waals surface area contributed by atoms with Crippen LogP contribution in [0.25, 0.3) is 0 Å². The summed E-state index contributed by atoms with van der Waals surface area (Å²) in [7, 11) is 0. The van der Waals surface area contributed by atoms with Crippen molar-refractivity contribution in [1.82, 2.24) is 25.3 Å². The molecule has 170 valence electrons. The normalized spacial score (nSPS) is 21.4. The maximum atomic E-state index is 14.1. The molecule has 1 aliphatic heterocycles. The predicted octanol–water partition coefficient (Wildman–Crippen LogP) is 2.36. The Morgan fingerprint density at radius 3 is 2.00 bits per heavy atom. The lowest BCUT2D eigenvalue weighted by molar-refractivity contribution is 0.0517. The number of carbonyl (C=O) groups excluding carboxylic acids is 2. The fourth-order valence-electron chi connectivity index (χ4n) is 4.43. The molecule has 0 amide bonds. The fraction of sp³-hybridized carbons (Fsp3) is 0.333. The topological polar surface area (TPSA) is 118 Å². The van der Waals surface area contributed by atoms with Crippen molar-refractivity contribution >= 4 is 11.6 Å². The smallest absolute Gasteiger partial charge is 0.204 e. The van der Waals surface area contributed by atoms with Crippen molar-refractivity contribution < 1.29 is 19.1 Å². The molecular weight excluding hydrogens is 425 g/mol. The number of piperidine rings is 1. The zero-order valence-corrected chi connectivity index (χ0v) is 18.1. The Bertz CT molecular complexity index is 1070. The number of Topliss-reactive ketones (excluding diaryl/α,β-unsaturated/α-hetero) is 2. The van der Waals surface area contributed by atoms with Crippen LogP contribution in [-0.4, -0.2) is 49.7 Å². The molecule has 3 aromatic rings. The lowest BCUT2D eigenvalue weighted by Gasteiger charge is -2.38. The van der Waals surface area contributed by atoms with Gasteiger partial charge < -0.3 is 10.4 Å². The molecule has 1 aromatic carbocycles. The summed E-state index contributed by atoms with van der Waals surface area (Å²) in [6, 6.07) is 7.74. The largest absolute Gasteiger partial charge is 0.388 e. The molecular formula is C24H24FN5O3.